The van der Waals surface area contributed by atoms with Crippen LogP contribution >= 0.6 is 0 Å². The van der Waals surface area contributed by atoms with Gasteiger partial charge in [0.05, 0.1) is 0 Å². The van der Waals surface area contributed by atoms with Crippen molar-refractivity contribution in [2.24, 2.45) is 0 Å². The molecule has 57 heavy (non-hydrogen) atoms. The van der Waals surface area contributed by atoms with Crippen molar-refractivity contribution in [1.29, 1.82) is 0 Å². The van der Waals surface area contributed by atoms with Crippen LogP contribution in [0.3, 0.4) is 0 Å². The zero-order valence-electron chi connectivity index (χ0n) is 31.1. The molecule has 10 aromatic rings. The van der Waals surface area contributed by atoms with Gasteiger partial charge in [0.2, 0.25) is 0 Å². The van der Waals surface area contributed by atoms with Gasteiger partial charge in [-0.05, 0) is 92.0 Å². The van der Waals surface area contributed by atoms with Crippen molar-refractivity contribution in [3.05, 3.63) is 194 Å². The van der Waals surface area contributed by atoms with Gasteiger partial charge in [0, 0.05) is 27.5 Å². The van der Waals surface area contributed by atoms with Crippen molar-refractivity contribution >= 4 is 49.1 Å². The van der Waals surface area contributed by atoms with Crippen LogP contribution in [0.5, 0.6) is 0 Å². The SMILES string of the molecule is C1=CC(c2ccc(-c3ccc(-c4nc(-c5ccccc5)nc(-c5cccc6oc7ccc(-c8ccc9c(ccc%10ccccc%109)c8)cc7c56)n4)cc3)cc2)=CCC1. The highest BCUT2D eigenvalue weighted by Crippen LogP contribution is 2.39. The summed E-state index contributed by atoms with van der Waals surface area (Å²) in [5.41, 5.74) is 11.5. The Bertz CT molecular complexity index is 3210. The number of nitrogens with zero attached hydrogens (tertiary/aromatic N) is 3. The number of aromatic nitrogens is 3. The summed E-state index contributed by atoms with van der Waals surface area (Å²) in [5, 5.41) is 6.98. The van der Waals surface area contributed by atoms with Crippen LogP contribution < -0.4 is 0 Å². The van der Waals surface area contributed by atoms with Gasteiger partial charge in [-0.2, -0.15) is 0 Å². The van der Waals surface area contributed by atoms with Crippen LogP contribution in [-0.2, 0) is 0 Å². The van der Waals surface area contributed by atoms with E-state index in [0.29, 0.717) is 17.5 Å². The number of furan rings is 1. The molecule has 1 aliphatic carbocycles. The van der Waals surface area contributed by atoms with E-state index < -0.39 is 0 Å². The summed E-state index contributed by atoms with van der Waals surface area (Å²) in [7, 11) is 0. The molecular weight excluding hydrogens is 695 g/mol. The standard InChI is InChI=1S/C53H35N3O/c1-3-10-34(11-4-1)35-18-20-36(21-19-35)37-22-25-40(26-23-37)52-54-51(39-13-5-2-6-14-39)55-53(56-52)46-16-9-17-49-50(46)47-33-42(29-31-48(47)57-49)41-28-30-45-43(32-41)27-24-38-12-7-8-15-44(38)45/h2-3,5-33H,1,4H2. The van der Waals surface area contributed by atoms with Crippen molar-refractivity contribution in [3.8, 4) is 56.4 Å². The predicted octanol–water partition coefficient (Wildman–Crippen LogP) is 14.1. The molecule has 2 aromatic heterocycles. The minimum Gasteiger partial charge on any atom is -0.456 e. The van der Waals surface area contributed by atoms with Crippen LogP contribution in [0.2, 0.25) is 0 Å². The lowest BCUT2D eigenvalue weighted by Crippen LogP contribution is -2.00. The monoisotopic (exact) mass is 729 g/mol. The van der Waals surface area contributed by atoms with E-state index in [1.165, 1.54) is 38.2 Å². The van der Waals surface area contributed by atoms with Crippen molar-refractivity contribution in [2.75, 3.05) is 0 Å². The fourth-order valence-corrected chi connectivity index (χ4v) is 8.22. The zero-order chi connectivity index (χ0) is 37.7. The summed E-state index contributed by atoms with van der Waals surface area (Å²) in [6, 6.07) is 59.8. The maximum Gasteiger partial charge on any atom is 0.164 e. The first kappa shape index (κ1) is 33.0. The van der Waals surface area contributed by atoms with Gasteiger partial charge in [0.15, 0.2) is 17.5 Å². The molecule has 0 amide bonds. The van der Waals surface area contributed by atoms with Crippen molar-refractivity contribution in [2.45, 2.75) is 12.8 Å². The molecule has 0 N–H and O–H groups in total. The van der Waals surface area contributed by atoms with Crippen molar-refractivity contribution in [1.82, 2.24) is 15.0 Å². The van der Waals surface area contributed by atoms with Crippen LogP contribution in [-0.4, -0.2) is 15.0 Å². The van der Waals surface area contributed by atoms with Gasteiger partial charge in [0.25, 0.3) is 0 Å². The van der Waals surface area contributed by atoms with E-state index in [1.807, 2.05) is 42.5 Å². The Balaban J connectivity index is 1.00. The zero-order valence-corrected chi connectivity index (χ0v) is 31.1. The number of hydrogen-bond donors (Lipinski definition) is 0. The van der Waals surface area contributed by atoms with Crippen molar-refractivity contribution in [3.63, 3.8) is 0 Å². The van der Waals surface area contributed by atoms with Gasteiger partial charge in [-0.25, -0.2) is 15.0 Å². The van der Waals surface area contributed by atoms with Gasteiger partial charge < -0.3 is 4.42 Å². The van der Waals surface area contributed by atoms with Crippen LogP contribution in [0.25, 0.3) is 105 Å². The van der Waals surface area contributed by atoms with Gasteiger partial charge >= 0.3 is 0 Å². The Kier molecular flexibility index (Phi) is 7.92. The first-order valence-electron chi connectivity index (χ1n) is 19.5. The molecular formula is C53H35N3O. The maximum absolute atomic E-state index is 6.47. The lowest BCUT2D eigenvalue weighted by molar-refractivity contribution is 0.669. The molecule has 1 aliphatic rings. The Morgan fingerprint density at radius 3 is 1.81 bits per heavy atom. The van der Waals surface area contributed by atoms with Crippen molar-refractivity contribution < 1.29 is 4.42 Å². The summed E-state index contributed by atoms with van der Waals surface area (Å²) in [4.78, 5) is 15.3. The van der Waals surface area contributed by atoms with Crippen LogP contribution in [0.4, 0.5) is 0 Å². The summed E-state index contributed by atoms with van der Waals surface area (Å²) >= 11 is 0. The molecule has 0 bridgehead atoms. The highest BCUT2D eigenvalue weighted by atomic mass is 16.3. The molecule has 0 aliphatic heterocycles. The highest BCUT2D eigenvalue weighted by molar-refractivity contribution is 6.13. The third-order valence-corrected chi connectivity index (χ3v) is 11.2. The molecule has 0 unspecified atom stereocenters. The second kappa shape index (κ2) is 13.7. The number of rotatable bonds is 6. The van der Waals surface area contributed by atoms with Gasteiger partial charge in [0.1, 0.15) is 11.2 Å². The smallest absolute Gasteiger partial charge is 0.164 e. The largest absolute Gasteiger partial charge is 0.456 e. The highest BCUT2D eigenvalue weighted by Gasteiger charge is 2.19. The summed E-state index contributed by atoms with van der Waals surface area (Å²) < 4.78 is 6.47. The summed E-state index contributed by atoms with van der Waals surface area (Å²) in [5.74, 6) is 1.84. The molecule has 11 rings (SSSR count). The fraction of sp³-hybridized carbons (Fsp3) is 0.0377. The molecule has 8 aromatic carbocycles. The molecule has 4 nitrogen and oxygen atoms in total. The van der Waals surface area contributed by atoms with E-state index >= 15 is 0 Å². The molecule has 2 heterocycles. The average molecular weight is 730 g/mol. The van der Waals surface area contributed by atoms with Crippen LogP contribution in [0.15, 0.2) is 193 Å². The Morgan fingerprint density at radius 2 is 1.02 bits per heavy atom. The van der Waals surface area contributed by atoms with E-state index in [0.717, 1.165) is 68.2 Å². The van der Waals surface area contributed by atoms with Gasteiger partial charge in [-0.3, -0.25) is 0 Å². The summed E-state index contributed by atoms with van der Waals surface area (Å²) in [6.45, 7) is 0. The maximum atomic E-state index is 6.47. The number of benzene rings is 8. The Hall–Kier alpha value is -7.43. The molecule has 0 saturated carbocycles. The van der Waals surface area contributed by atoms with E-state index in [2.05, 4.69) is 146 Å². The topological polar surface area (TPSA) is 51.8 Å². The second-order valence-electron chi connectivity index (χ2n) is 14.7. The lowest BCUT2D eigenvalue weighted by atomic mass is 9.96. The summed E-state index contributed by atoms with van der Waals surface area (Å²) in [6.07, 6.45) is 9.00. The quantitative estimate of drug-likeness (QED) is 0.160. The van der Waals surface area contributed by atoms with Gasteiger partial charge in [-0.15, -0.1) is 0 Å². The average Bonchev–Trinajstić information content (AvgIpc) is 3.68. The van der Waals surface area contributed by atoms with Crippen LogP contribution in [0, 0.1) is 0 Å². The predicted molar refractivity (Wildman–Crippen MR) is 236 cm³/mol. The van der Waals surface area contributed by atoms with E-state index in [1.54, 1.807) is 0 Å². The lowest BCUT2D eigenvalue weighted by Gasteiger charge is -2.11. The second-order valence-corrected chi connectivity index (χ2v) is 14.7. The van der Waals surface area contributed by atoms with E-state index in [9.17, 15) is 0 Å². The Morgan fingerprint density at radius 1 is 0.386 bits per heavy atom. The molecule has 0 atom stereocenters. The Labute approximate surface area is 330 Å². The number of fused-ring (bicyclic) bond motifs is 6. The van der Waals surface area contributed by atoms with E-state index in [-0.39, 0.29) is 0 Å². The molecule has 0 spiro atoms. The molecule has 268 valence electrons. The third kappa shape index (κ3) is 5.99. The van der Waals surface area contributed by atoms with Crippen LogP contribution in [0.1, 0.15) is 18.4 Å². The fourth-order valence-electron chi connectivity index (χ4n) is 8.22. The molecule has 0 saturated heterocycles. The number of allylic oxidation sites excluding steroid dienone is 4. The van der Waals surface area contributed by atoms with E-state index in [4.69, 9.17) is 19.4 Å². The molecule has 0 radical (unpaired) electrons. The molecule has 0 fully saturated rings. The first-order chi connectivity index (χ1) is 28.2. The first-order valence-corrected chi connectivity index (χ1v) is 19.5. The minimum atomic E-state index is 0.598. The third-order valence-electron chi connectivity index (χ3n) is 11.2. The van der Waals surface area contributed by atoms with Gasteiger partial charge in [-0.1, -0.05) is 164 Å². The molecule has 4 heteroatoms. The normalized spacial score (nSPS) is 12.8. The minimum absolute atomic E-state index is 0.598. The number of hydrogen-bond acceptors (Lipinski definition) is 4.